The molecule has 0 saturated heterocycles. The minimum atomic E-state index is -1.17. The maximum Gasteiger partial charge on any atom is 2.00 e. The van der Waals surface area contributed by atoms with Crippen LogP contribution in [-0.2, 0) is 13.7 Å². The fraction of sp³-hybridized carbons (Fsp3) is 0. The van der Waals surface area contributed by atoms with Gasteiger partial charge in [-0.1, -0.05) is 0 Å². The summed E-state index contributed by atoms with van der Waals surface area (Å²) < 4.78 is 25.5. The summed E-state index contributed by atoms with van der Waals surface area (Å²) in [5.74, 6) is 0. The van der Waals surface area contributed by atoms with Gasteiger partial charge in [-0.2, -0.15) is 14.7 Å². The van der Waals surface area contributed by atoms with Crippen molar-refractivity contribution in [3.63, 3.8) is 0 Å². The van der Waals surface area contributed by atoms with Crippen molar-refractivity contribution in [3.8, 4) is 0 Å². The summed E-state index contributed by atoms with van der Waals surface area (Å²) in [5.41, 5.74) is 0. The van der Waals surface area contributed by atoms with Gasteiger partial charge >= 0.3 is 63.8 Å². The van der Waals surface area contributed by atoms with E-state index >= 15 is 0 Å². The standard InChI is InChI=1S/Ca.3HO2P.2H/c;3*1-3-2;;/h;3*3H;;/q+2;;;;2*-1/p+3. The summed E-state index contributed by atoms with van der Waals surface area (Å²) in [6.45, 7) is 0. The summed E-state index contributed by atoms with van der Waals surface area (Å²) in [5, 5.41) is 0. The van der Waals surface area contributed by atoms with E-state index in [0.717, 1.165) is 0 Å². The van der Waals surface area contributed by atoms with Crippen molar-refractivity contribution < 1.29 is 31.2 Å². The van der Waals surface area contributed by atoms with E-state index < -0.39 is 26.1 Å². The van der Waals surface area contributed by atoms with Gasteiger partial charge in [-0.05, 0) is 13.7 Å². The van der Waals surface area contributed by atoms with Crippen LogP contribution < -0.4 is 0 Å². The molecule has 3 atom stereocenters. The van der Waals surface area contributed by atoms with Gasteiger partial charge < -0.3 is 2.85 Å². The molecule has 10 heteroatoms. The van der Waals surface area contributed by atoms with Gasteiger partial charge in [0.1, 0.15) is 0 Å². The van der Waals surface area contributed by atoms with Crippen molar-refractivity contribution in [2.45, 2.75) is 0 Å². The Morgan fingerprint density at radius 2 is 0.800 bits per heavy atom. The maximum atomic E-state index is 8.51. The second kappa shape index (κ2) is 47.2. The first-order valence-electron chi connectivity index (χ1n) is 1.28. The average Bonchev–Trinajstić information content (AvgIpc) is 1.70. The first-order chi connectivity index (χ1) is 4.24. The zero-order valence-electron chi connectivity index (χ0n) is 6.77. The third-order valence-electron chi connectivity index (χ3n) is 0. The molecule has 0 aromatic heterocycles. The maximum absolute atomic E-state index is 8.51. The summed E-state index contributed by atoms with van der Waals surface area (Å²) in [6.07, 6.45) is 0. The molecule has 0 rings (SSSR count). The van der Waals surface area contributed by atoms with Crippen LogP contribution in [0.2, 0.25) is 0 Å². The predicted octanol–water partition coefficient (Wildman–Crippen LogP) is -0.403. The van der Waals surface area contributed by atoms with Crippen molar-refractivity contribution in [1.29, 1.82) is 0 Å². The monoisotopic (exact) mass is 237 g/mol. The Kier molecular flexibility index (Phi) is 106. The molecule has 0 heterocycles. The van der Waals surface area contributed by atoms with E-state index in [-0.39, 0.29) is 40.6 Å². The molecule has 0 aromatic rings. The van der Waals surface area contributed by atoms with Crippen molar-refractivity contribution in [2.75, 3.05) is 0 Å². The molecule has 3 N–H and O–H groups in total. The number of hydrogen-bond donors (Lipinski definition) is 3. The van der Waals surface area contributed by atoms with Gasteiger partial charge in [-0.25, -0.2) is 0 Å². The predicted molar refractivity (Wildman–Crippen MR) is 41.6 cm³/mol. The van der Waals surface area contributed by atoms with Crippen molar-refractivity contribution in [1.82, 2.24) is 0 Å². The minimum Gasteiger partial charge on any atom is -1.00 e. The van der Waals surface area contributed by atoms with Crippen molar-refractivity contribution >= 4 is 63.8 Å². The first kappa shape index (κ1) is 22.5. The minimum absolute atomic E-state index is 0. The van der Waals surface area contributed by atoms with Gasteiger partial charge in [-0.15, -0.1) is 0 Å². The molecule has 58 valence electrons. The molecule has 10 heavy (non-hydrogen) atoms. The average molecular weight is 237 g/mol. The molecule has 0 amide bonds. The van der Waals surface area contributed by atoms with Crippen LogP contribution in [0.15, 0.2) is 0 Å². The summed E-state index contributed by atoms with van der Waals surface area (Å²) in [6, 6.07) is 0. The van der Waals surface area contributed by atoms with Crippen LogP contribution >= 0.6 is 26.1 Å². The van der Waals surface area contributed by atoms with Gasteiger partial charge in [0.2, 0.25) is 0 Å². The molecule has 0 saturated carbocycles. The Hall–Kier alpha value is 1.44. The van der Waals surface area contributed by atoms with Crippen LogP contribution in [0.4, 0.5) is 0 Å². The largest absolute Gasteiger partial charge is 2.00 e. The third kappa shape index (κ3) is 324. The topological polar surface area (TPSA) is 112 Å². The smallest absolute Gasteiger partial charge is 1.00 e. The van der Waals surface area contributed by atoms with Crippen LogP contribution in [0.3, 0.4) is 0 Å². The molecule has 0 aliphatic heterocycles. The zero-order chi connectivity index (χ0) is 8.12. The van der Waals surface area contributed by atoms with E-state index in [0.29, 0.717) is 0 Å². The van der Waals surface area contributed by atoms with Crippen molar-refractivity contribution in [3.05, 3.63) is 0 Å². The molecule has 0 aliphatic rings. The molecule has 0 aliphatic carbocycles. The molecule has 0 radical (unpaired) electrons. The van der Waals surface area contributed by atoms with E-state index in [1.165, 1.54) is 0 Å². The number of hydrogen-bond acceptors (Lipinski definition) is 3. The Balaban J connectivity index is -0.00000001000. The molecule has 0 aromatic carbocycles. The molecule has 3 unspecified atom stereocenters. The fourth-order valence-corrected chi connectivity index (χ4v) is 0. The summed E-state index contributed by atoms with van der Waals surface area (Å²) in [4.78, 5) is 21.1. The molecule has 0 fully saturated rings. The van der Waals surface area contributed by atoms with E-state index in [4.69, 9.17) is 28.4 Å². The van der Waals surface area contributed by atoms with E-state index in [1.807, 2.05) is 0 Å². The fourth-order valence-electron chi connectivity index (χ4n) is 0. The summed E-state index contributed by atoms with van der Waals surface area (Å²) in [7, 11) is -3.50. The van der Waals surface area contributed by atoms with E-state index in [1.54, 1.807) is 0 Å². The van der Waals surface area contributed by atoms with Gasteiger partial charge in [0.15, 0.2) is 0 Å². The normalized spacial score (nSPS) is 6.30. The molecular formula is H8CaO6P3+3. The second-order valence-electron chi connectivity index (χ2n) is 0.274. The molecule has 6 nitrogen and oxygen atoms in total. The van der Waals surface area contributed by atoms with Gasteiger partial charge in [0, 0.05) is 0 Å². The third-order valence-corrected chi connectivity index (χ3v) is 0. The van der Waals surface area contributed by atoms with Crippen LogP contribution in [0, 0.1) is 0 Å². The van der Waals surface area contributed by atoms with Crippen LogP contribution in [0.25, 0.3) is 0 Å². The van der Waals surface area contributed by atoms with Crippen molar-refractivity contribution in [2.24, 2.45) is 0 Å². The zero-order valence-corrected chi connectivity index (χ0v) is 9.98. The van der Waals surface area contributed by atoms with E-state index in [2.05, 4.69) is 0 Å². The Bertz CT molecular complexity index is 57.5. The molecule has 0 bridgehead atoms. The van der Waals surface area contributed by atoms with Crippen LogP contribution in [0.5, 0.6) is 0 Å². The van der Waals surface area contributed by atoms with Gasteiger partial charge in [0.05, 0.1) is 0 Å². The molecule has 0 spiro atoms. The quantitative estimate of drug-likeness (QED) is 0.390. The Labute approximate surface area is 94.5 Å². The van der Waals surface area contributed by atoms with Gasteiger partial charge in [0.25, 0.3) is 0 Å². The Morgan fingerprint density at radius 1 is 0.800 bits per heavy atom. The summed E-state index contributed by atoms with van der Waals surface area (Å²) >= 11 is 0. The second-order valence-corrected chi connectivity index (χ2v) is 0.822. The number of rotatable bonds is 0. The van der Waals surface area contributed by atoms with Gasteiger partial charge in [-0.3, -0.25) is 0 Å². The first-order valence-corrected chi connectivity index (χ1v) is 3.85. The Morgan fingerprint density at radius 3 is 0.800 bits per heavy atom. The molecular weight excluding hydrogens is 229 g/mol. The van der Waals surface area contributed by atoms with E-state index in [9.17, 15) is 0 Å². The van der Waals surface area contributed by atoms with Crippen LogP contribution in [0.1, 0.15) is 2.85 Å². The van der Waals surface area contributed by atoms with Crippen LogP contribution in [-0.4, -0.2) is 52.4 Å². The SMILES string of the molecule is O=[PH+]O.O=[PH+]O.O=[PH+]O.[Ca+2].[H-].[H-].